The van der Waals surface area contributed by atoms with E-state index in [4.69, 9.17) is 5.73 Å². The molecule has 0 fully saturated rings. The van der Waals surface area contributed by atoms with E-state index in [9.17, 15) is 19.2 Å². The Bertz CT molecular complexity index is 1120. The predicted molar refractivity (Wildman–Crippen MR) is 121 cm³/mol. The van der Waals surface area contributed by atoms with Gasteiger partial charge in [-0.05, 0) is 29.8 Å². The largest absolute Gasteiger partial charge is 0.368 e. The maximum Gasteiger partial charge on any atom is 0.251 e. The summed E-state index contributed by atoms with van der Waals surface area (Å²) in [7, 11) is 0. The van der Waals surface area contributed by atoms with Crippen LogP contribution in [-0.2, 0) is 16.0 Å². The molecule has 0 bridgehead atoms. The number of amides is 3. The molecule has 3 rings (SSSR count). The van der Waals surface area contributed by atoms with E-state index in [1.807, 2.05) is 6.07 Å². The Morgan fingerprint density at radius 3 is 1.91 bits per heavy atom. The molecule has 4 N–H and O–H groups in total. The van der Waals surface area contributed by atoms with Crippen molar-refractivity contribution in [1.29, 1.82) is 0 Å². The fourth-order valence-electron chi connectivity index (χ4n) is 3.16. The zero-order valence-corrected chi connectivity index (χ0v) is 17.5. The molecule has 3 aromatic carbocycles. The van der Waals surface area contributed by atoms with Crippen molar-refractivity contribution in [3.8, 4) is 0 Å². The van der Waals surface area contributed by atoms with E-state index < -0.39 is 17.9 Å². The molecule has 0 spiro atoms. The number of ketones is 1. The van der Waals surface area contributed by atoms with Crippen LogP contribution in [-0.4, -0.2) is 29.5 Å². The number of nitrogens with two attached hydrogens (primary N) is 1. The first-order valence-corrected chi connectivity index (χ1v) is 10.00. The van der Waals surface area contributed by atoms with E-state index in [1.165, 1.54) is 6.92 Å². The second-order valence-electron chi connectivity index (χ2n) is 7.28. The standard InChI is InChI=1S/C25H23N3O4/c1-16(29)27-21-13-11-20(12-14-21)25(32)28-22(24(26)31)15-17-7-9-19(10-8-17)23(30)18-5-3-2-4-6-18/h2-14,22H,15H2,1H3,(H2,26,31)(H,27,29)(H,28,32)/t22-/m1/s1. The number of carbonyl (C=O) groups is 4. The van der Waals surface area contributed by atoms with E-state index in [-0.39, 0.29) is 18.1 Å². The van der Waals surface area contributed by atoms with Crippen molar-refractivity contribution in [3.63, 3.8) is 0 Å². The van der Waals surface area contributed by atoms with Gasteiger partial charge in [0.25, 0.3) is 5.91 Å². The van der Waals surface area contributed by atoms with E-state index in [1.54, 1.807) is 72.8 Å². The van der Waals surface area contributed by atoms with Gasteiger partial charge in [-0.25, -0.2) is 0 Å². The van der Waals surface area contributed by atoms with Crippen LogP contribution in [0, 0.1) is 0 Å². The number of carbonyl (C=O) groups excluding carboxylic acids is 4. The van der Waals surface area contributed by atoms with Crippen molar-refractivity contribution in [2.45, 2.75) is 19.4 Å². The van der Waals surface area contributed by atoms with Crippen LogP contribution >= 0.6 is 0 Å². The van der Waals surface area contributed by atoms with Crippen molar-refractivity contribution in [3.05, 3.63) is 101 Å². The molecule has 0 saturated heterocycles. The fraction of sp³-hybridized carbons (Fsp3) is 0.120. The van der Waals surface area contributed by atoms with E-state index in [0.717, 1.165) is 5.56 Å². The normalized spacial score (nSPS) is 11.3. The predicted octanol–water partition coefficient (Wildman–Crippen LogP) is 2.70. The molecule has 0 aliphatic rings. The molecular weight excluding hydrogens is 406 g/mol. The van der Waals surface area contributed by atoms with E-state index >= 15 is 0 Å². The number of nitrogens with one attached hydrogen (secondary N) is 2. The molecule has 3 aromatic rings. The summed E-state index contributed by atoms with van der Waals surface area (Å²) in [4.78, 5) is 48.1. The molecule has 7 heteroatoms. The Morgan fingerprint density at radius 1 is 0.781 bits per heavy atom. The van der Waals surface area contributed by atoms with Gasteiger partial charge in [-0.1, -0.05) is 54.6 Å². The lowest BCUT2D eigenvalue weighted by atomic mass is 9.99. The quantitative estimate of drug-likeness (QED) is 0.477. The minimum atomic E-state index is -0.923. The van der Waals surface area contributed by atoms with Gasteiger partial charge in [0.15, 0.2) is 5.78 Å². The summed E-state index contributed by atoms with van der Waals surface area (Å²) in [5, 5.41) is 5.25. The van der Waals surface area contributed by atoms with Crippen LogP contribution in [0.3, 0.4) is 0 Å². The molecule has 0 heterocycles. The van der Waals surface area contributed by atoms with E-state index in [2.05, 4.69) is 10.6 Å². The number of anilines is 1. The van der Waals surface area contributed by atoms with Crippen LogP contribution in [0.25, 0.3) is 0 Å². The van der Waals surface area contributed by atoms with Gasteiger partial charge >= 0.3 is 0 Å². The Hall–Kier alpha value is -4.26. The first-order valence-electron chi connectivity index (χ1n) is 10.00. The maximum atomic E-state index is 12.5. The van der Waals surface area contributed by atoms with Gasteiger partial charge in [0.1, 0.15) is 6.04 Å². The number of rotatable bonds is 8. The highest BCUT2D eigenvalue weighted by atomic mass is 16.2. The number of benzene rings is 3. The Balaban J connectivity index is 1.66. The molecular formula is C25H23N3O4. The second-order valence-corrected chi connectivity index (χ2v) is 7.28. The van der Waals surface area contributed by atoms with Crippen molar-refractivity contribution in [2.24, 2.45) is 5.73 Å². The van der Waals surface area contributed by atoms with Crippen LogP contribution in [0.15, 0.2) is 78.9 Å². The minimum Gasteiger partial charge on any atom is -0.368 e. The minimum absolute atomic E-state index is 0.0976. The van der Waals surface area contributed by atoms with Gasteiger partial charge in [-0.3, -0.25) is 19.2 Å². The fourth-order valence-corrected chi connectivity index (χ4v) is 3.16. The number of primary amides is 1. The lowest BCUT2D eigenvalue weighted by molar-refractivity contribution is -0.119. The summed E-state index contributed by atoms with van der Waals surface area (Å²) in [5.41, 5.74) is 8.24. The van der Waals surface area contributed by atoms with Crippen LogP contribution in [0.5, 0.6) is 0 Å². The third-order valence-electron chi connectivity index (χ3n) is 4.81. The van der Waals surface area contributed by atoms with Gasteiger partial charge < -0.3 is 16.4 Å². The molecule has 7 nitrogen and oxygen atoms in total. The van der Waals surface area contributed by atoms with Gasteiger partial charge in [-0.2, -0.15) is 0 Å². The highest BCUT2D eigenvalue weighted by Gasteiger charge is 2.20. The van der Waals surface area contributed by atoms with Crippen molar-refractivity contribution < 1.29 is 19.2 Å². The highest BCUT2D eigenvalue weighted by Crippen LogP contribution is 2.13. The van der Waals surface area contributed by atoms with Crippen LogP contribution < -0.4 is 16.4 Å². The third kappa shape index (κ3) is 5.89. The Kier molecular flexibility index (Phi) is 7.13. The summed E-state index contributed by atoms with van der Waals surface area (Å²) < 4.78 is 0. The van der Waals surface area contributed by atoms with Crippen LogP contribution in [0.4, 0.5) is 5.69 Å². The summed E-state index contributed by atoms with van der Waals surface area (Å²) in [6.07, 6.45) is 0.185. The van der Waals surface area contributed by atoms with Gasteiger partial charge in [0.2, 0.25) is 11.8 Å². The van der Waals surface area contributed by atoms with Gasteiger partial charge in [0, 0.05) is 35.7 Å². The van der Waals surface area contributed by atoms with Crippen LogP contribution in [0.2, 0.25) is 0 Å². The molecule has 0 aromatic heterocycles. The van der Waals surface area contributed by atoms with Crippen molar-refractivity contribution in [2.75, 3.05) is 5.32 Å². The first kappa shape index (κ1) is 22.4. The van der Waals surface area contributed by atoms with Gasteiger partial charge in [0.05, 0.1) is 0 Å². The van der Waals surface area contributed by atoms with Gasteiger partial charge in [-0.15, -0.1) is 0 Å². The SMILES string of the molecule is CC(=O)Nc1ccc(C(=O)N[C@H](Cc2ccc(C(=O)c3ccccc3)cc2)C(N)=O)cc1. The Labute approximate surface area is 185 Å². The van der Waals surface area contributed by atoms with Crippen LogP contribution in [0.1, 0.15) is 38.8 Å². The molecule has 32 heavy (non-hydrogen) atoms. The zero-order chi connectivity index (χ0) is 23.1. The van der Waals surface area contributed by atoms with E-state index in [0.29, 0.717) is 22.4 Å². The molecule has 3 amide bonds. The number of hydrogen-bond donors (Lipinski definition) is 3. The summed E-state index contributed by atoms with van der Waals surface area (Å²) >= 11 is 0. The lowest BCUT2D eigenvalue weighted by Gasteiger charge is -2.16. The summed E-state index contributed by atoms with van der Waals surface area (Å²) in [5.74, 6) is -1.44. The van der Waals surface area contributed by atoms with Crippen molar-refractivity contribution >= 4 is 29.2 Å². The molecule has 0 aliphatic carbocycles. The first-order chi connectivity index (χ1) is 15.3. The number of hydrogen-bond acceptors (Lipinski definition) is 4. The summed E-state index contributed by atoms with van der Waals surface area (Å²) in [6, 6.07) is 21.1. The molecule has 0 saturated carbocycles. The average molecular weight is 429 g/mol. The molecule has 1 atom stereocenters. The molecule has 162 valence electrons. The topological polar surface area (TPSA) is 118 Å². The monoisotopic (exact) mass is 429 g/mol. The molecule has 0 aliphatic heterocycles. The average Bonchev–Trinajstić information content (AvgIpc) is 2.79. The molecule has 0 unspecified atom stereocenters. The van der Waals surface area contributed by atoms with Crippen molar-refractivity contribution in [1.82, 2.24) is 5.32 Å². The molecule has 0 radical (unpaired) electrons. The lowest BCUT2D eigenvalue weighted by Crippen LogP contribution is -2.45. The Morgan fingerprint density at radius 2 is 1.34 bits per heavy atom. The zero-order valence-electron chi connectivity index (χ0n) is 17.5. The highest BCUT2D eigenvalue weighted by molar-refractivity contribution is 6.09. The maximum absolute atomic E-state index is 12.5. The second kappa shape index (κ2) is 10.2. The smallest absolute Gasteiger partial charge is 0.251 e. The third-order valence-corrected chi connectivity index (χ3v) is 4.81. The summed E-state index contributed by atoms with van der Waals surface area (Å²) in [6.45, 7) is 1.39.